The van der Waals surface area contributed by atoms with Gasteiger partial charge in [0.1, 0.15) is 5.41 Å². The van der Waals surface area contributed by atoms with E-state index in [2.05, 4.69) is 11.4 Å². The molecule has 0 saturated carbocycles. The van der Waals surface area contributed by atoms with Crippen LogP contribution in [0.4, 0.5) is 5.69 Å². The Hall–Kier alpha value is -1.90. The number of nitrogens with zero attached hydrogens (tertiary/aromatic N) is 1. The number of nitrogens with two attached hydrogens (primary N) is 1. The maximum absolute atomic E-state index is 11.3. The van der Waals surface area contributed by atoms with E-state index >= 15 is 0 Å². The van der Waals surface area contributed by atoms with Crippen molar-refractivity contribution in [3.63, 3.8) is 0 Å². The minimum Gasteiger partial charge on any atom is -0.378 e. The van der Waals surface area contributed by atoms with Crippen molar-refractivity contribution < 1.29 is 9.53 Å². The number of carbonyl (C=O) groups excluding carboxylic acids is 1. The summed E-state index contributed by atoms with van der Waals surface area (Å²) in [6, 6.07) is 7.67. The van der Waals surface area contributed by atoms with E-state index in [4.69, 9.17) is 10.5 Å². The molecule has 2 heterocycles. The van der Waals surface area contributed by atoms with Crippen LogP contribution in [0.1, 0.15) is 23.6 Å². The molecule has 1 saturated heterocycles. The maximum Gasteiger partial charge on any atom is 0.224 e. The van der Waals surface area contributed by atoms with E-state index in [-0.39, 0.29) is 11.9 Å². The molecule has 0 aromatic heterocycles. The van der Waals surface area contributed by atoms with Crippen molar-refractivity contribution >= 4 is 11.6 Å². The van der Waals surface area contributed by atoms with Crippen LogP contribution in [0.15, 0.2) is 18.2 Å². The Balaban J connectivity index is 1.90. The van der Waals surface area contributed by atoms with Crippen molar-refractivity contribution in [3.05, 3.63) is 29.3 Å². The second-order valence-corrected chi connectivity index (χ2v) is 5.20. The monoisotopic (exact) mass is 257 g/mol. The van der Waals surface area contributed by atoms with Gasteiger partial charge in [-0.2, -0.15) is 5.26 Å². The molecule has 2 aliphatic rings. The number of hydrogen-bond acceptors (Lipinski definition) is 4. The highest BCUT2D eigenvalue weighted by Crippen LogP contribution is 2.39. The van der Waals surface area contributed by atoms with Gasteiger partial charge in [0.05, 0.1) is 25.3 Å². The number of fused-ring (bicyclic) bond motifs is 1. The van der Waals surface area contributed by atoms with Gasteiger partial charge in [0, 0.05) is 12.1 Å². The van der Waals surface area contributed by atoms with Gasteiger partial charge in [-0.1, -0.05) is 12.1 Å². The van der Waals surface area contributed by atoms with Crippen molar-refractivity contribution in [1.82, 2.24) is 0 Å². The first-order valence-electron chi connectivity index (χ1n) is 6.32. The molecule has 1 atom stereocenters. The topological polar surface area (TPSA) is 88.1 Å². The number of aryl methyl sites for hydroxylation is 1. The summed E-state index contributed by atoms with van der Waals surface area (Å²) in [5.41, 5.74) is 8.48. The molecule has 0 radical (unpaired) electrons. The molecule has 0 bridgehead atoms. The smallest absolute Gasteiger partial charge is 0.224 e. The molecule has 1 unspecified atom stereocenters. The van der Waals surface area contributed by atoms with Crippen molar-refractivity contribution in [3.8, 4) is 6.07 Å². The summed E-state index contributed by atoms with van der Waals surface area (Å²) < 4.78 is 5.14. The molecule has 1 aromatic rings. The fraction of sp³-hybridized carbons (Fsp3) is 0.429. The van der Waals surface area contributed by atoms with Crippen LogP contribution in [0.2, 0.25) is 0 Å². The van der Waals surface area contributed by atoms with Crippen molar-refractivity contribution in [1.29, 1.82) is 5.26 Å². The van der Waals surface area contributed by atoms with Crippen LogP contribution in [0.5, 0.6) is 0 Å². The third-order valence-electron chi connectivity index (χ3n) is 3.92. The highest BCUT2D eigenvalue weighted by atomic mass is 16.5. The number of amides is 1. The fourth-order valence-corrected chi connectivity index (χ4v) is 2.55. The summed E-state index contributed by atoms with van der Waals surface area (Å²) in [5.74, 6) is 0.0467. The Morgan fingerprint density at radius 2 is 2.21 bits per heavy atom. The van der Waals surface area contributed by atoms with Gasteiger partial charge in [0.2, 0.25) is 5.91 Å². The zero-order valence-corrected chi connectivity index (χ0v) is 10.5. The van der Waals surface area contributed by atoms with Crippen LogP contribution >= 0.6 is 0 Å². The van der Waals surface area contributed by atoms with Gasteiger partial charge in [0.25, 0.3) is 0 Å². The van der Waals surface area contributed by atoms with E-state index in [1.54, 1.807) is 0 Å². The number of nitrogens with one attached hydrogen (secondary N) is 1. The van der Waals surface area contributed by atoms with Crippen LogP contribution < -0.4 is 11.1 Å². The van der Waals surface area contributed by atoms with Gasteiger partial charge in [-0.25, -0.2) is 0 Å². The molecule has 1 amide bonds. The highest BCUT2D eigenvalue weighted by molar-refractivity contribution is 5.93. The summed E-state index contributed by atoms with van der Waals surface area (Å²) in [6.45, 7) is 0.775. The van der Waals surface area contributed by atoms with Crippen molar-refractivity contribution in [2.75, 3.05) is 18.5 Å². The Kier molecular flexibility index (Phi) is 2.77. The van der Waals surface area contributed by atoms with Gasteiger partial charge >= 0.3 is 0 Å². The second-order valence-electron chi connectivity index (χ2n) is 5.20. The van der Waals surface area contributed by atoms with Gasteiger partial charge in [-0.3, -0.25) is 4.79 Å². The largest absolute Gasteiger partial charge is 0.378 e. The van der Waals surface area contributed by atoms with Crippen molar-refractivity contribution in [2.24, 2.45) is 11.1 Å². The number of nitriles is 1. The number of benzene rings is 1. The molecule has 1 aromatic carbocycles. The van der Waals surface area contributed by atoms with E-state index in [0.717, 1.165) is 23.2 Å². The lowest BCUT2D eigenvalue weighted by molar-refractivity contribution is -0.116. The lowest BCUT2D eigenvalue weighted by Crippen LogP contribution is -2.49. The molecule has 98 valence electrons. The first-order chi connectivity index (χ1) is 9.14. The quantitative estimate of drug-likeness (QED) is 0.830. The fourth-order valence-electron chi connectivity index (χ4n) is 2.55. The molecule has 5 heteroatoms. The maximum atomic E-state index is 11.3. The molecule has 0 aliphatic carbocycles. The molecule has 3 rings (SSSR count). The lowest BCUT2D eigenvalue weighted by Gasteiger charge is -2.40. The van der Waals surface area contributed by atoms with Gasteiger partial charge < -0.3 is 15.8 Å². The minimum absolute atomic E-state index is 0.0467. The molecule has 5 nitrogen and oxygen atoms in total. The molecule has 3 N–H and O–H groups in total. The first-order valence-corrected chi connectivity index (χ1v) is 6.32. The molecule has 19 heavy (non-hydrogen) atoms. The standard InChI is InChI=1S/C14H15N3O2/c15-6-14(7-19-8-14)13(16)10-1-3-11-9(5-10)2-4-12(18)17-11/h1,3,5,13H,2,4,7-8,16H2,(H,17,18). The van der Waals surface area contributed by atoms with E-state index in [9.17, 15) is 10.1 Å². The second kappa shape index (κ2) is 4.34. The summed E-state index contributed by atoms with van der Waals surface area (Å²) in [5, 5.41) is 12.1. The Morgan fingerprint density at radius 3 is 2.84 bits per heavy atom. The highest BCUT2D eigenvalue weighted by Gasteiger charge is 2.45. The van der Waals surface area contributed by atoms with Gasteiger partial charge in [0.15, 0.2) is 0 Å². The average Bonchev–Trinajstić information content (AvgIpc) is 2.37. The molecule has 2 aliphatic heterocycles. The minimum atomic E-state index is -0.605. The predicted octanol–water partition coefficient (Wildman–Crippen LogP) is 1.11. The first kappa shape index (κ1) is 12.2. The summed E-state index contributed by atoms with van der Waals surface area (Å²) in [6.07, 6.45) is 1.22. The van der Waals surface area contributed by atoms with Crippen LogP contribution in [0, 0.1) is 16.7 Å². The van der Waals surface area contributed by atoms with E-state index < -0.39 is 5.41 Å². The van der Waals surface area contributed by atoms with E-state index in [1.165, 1.54) is 0 Å². The molecular weight excluding hydrogens is 242 g/mol. The molecule has 1 fully saturated rings. The lowest BCUT2D eigenvalue weighted by atomic mass is 9.76. The van der Waals surface area contributed by atoms with Crippen LogP contribution in [0.3, 0.4) is 0 Å². The average molecular weight is 257 g/mol. The normalized spacial score (nSPS) is 21.6. The van der Waals surface area contributed by atoms with E-state index in [0.29, 0.717) is 19.6 Å². The number of ether oxygens (including phenoxy) is 1. The summed E-state index contributed by atoms with van der Waals surface area (Å²) in [4.78, 5) is 11.3. The Morgan fingerprint density at radius 1 is 1.42 bits per heavy atom. The van der Waals surface area contributed by atoms with Crippen LogP contribution in [-0.2, 0) is 16.0 Å². The van der Waals surface area contributed by atoms with E-state index in [1.807, 2.05) is 18.2 Å². The zero-order chi connectivity index (χ0) is 13.5. The SMILES string of the molecule is N#CC1(C(N)c2ccc3c(c2)CCC(=O)N3)COC1. The third kappa shape index (κ3) is 1.89. The van der Waals surface area contributed by atoms with Crippen LogP contribution in [-0.4, -0.2) is 19.1 Å². The predicted molar refractivity (Wildman–Crippen MR) is 69.2 cm³/mol. The summed E-state index contributed by atoms with van der Waals surface area (Å²) >= 11 is 0. The van der Waals surface area contributed by atoms with Crippen molar-refractivity contribution in [2.45, 2.75) is 18.9 Å². The van der Waals surface area contributed by atoms with Crippen LogP contribution in [0.25, 0.3) is 0 Å². The number of anilines is 1. The number of rotatable bonds is 2. The molecule has 0 spiro atoms. The van der Waals surface area contributed by atoms with Gasteiger partial charge in [-0.05, 0) is 23.6 Å². The zero-order valence-electron chi connectivity index (χ0n) is 10.5. The number of carbonyl (C=O) groups is 1. The summed E-state index contributed by atoms with van der Waals surface area (Å²) in [7, 11) is 0. The third-order valence-corrected chi connectivity index (χ3v) is 3.92. The number of hydrogen-bond donors (Lipinski definition) is 2. The Bertz CT molecular complexity index is 573. The Labute approximate surface area is 111 Å². The van der Waals surface area contributed by atoms with Gasteiger partial charge in [-0.15, -0.1) is 0 Å². The molecular formula is C14H15N3O2.